The van der Waals surface area contributed by atoms with E-state index in [-0.39, 0.29) is 5.91 Å². The summed E-state index contributed by atoms with van der Waals surface area (Å²) in [6.45, 7) is 7.15. The van der Waals surface area contributed by atoms with Crippen molar-refractivity contribution in [2.75, 3.05) is 31.1 Å². The quantitative estimate of drug-likeness (QED) is 0.496. The molecule has 32 heavy (non-hydrogen) atoms. The number of aromatic nitrogens is 4. The number of rotatable bonds is 4. The van der Waals surface area contributed by atoms with Crippen LogP contribution < -0.4 is 4.90 Å². The zero-order chi connectivity index (χ0) is 22.1. The summed E-state index contributed by atoms with van der Waals surface area (Å²) in [7, 11) is 0. The Bertz CT molecular complexity index is 1220. The fourth-order valence-electron chi connectivity index (χ4n) is 4.15. The summed E-state index contributed by atoms with van der Waals surface area (Å²) in [6, 6.07) is 16.3. The molecule has 7 nitrogen and oxygen atoms in total. The van der Waals surface area contributed by atoms with Gasteiger partial charge in [-0.25, -0.2) is 14.5 Å². The summed E-state index contributed by atoms with van der Waals surface area (Å²) < 4.78 is 1.77. The van der Waals surface area contributed by atoms with Crippen LogP contribution in [0.4, 0.5) is 5.82 Å². The maximum absolute atomic E-state index is 13.3. The normalized spacial score (nSPS) is 14.3. The number of carbonyl (C=O) groups is 1. The lowest BCUT2D eigenvalue weighted by atomic mass is 10.0. The van der Waals surface area contributed by atoms with Crippen molar-refractivity contribution in [3.05, 3.63) is 78.2 Å². The molecule has 1 saturated heterocycles. The molecule has 1 aliphatic heterocycles. The molecule has 0 aliphatic carbocycles. The van der Waals surface area contributed by atoms with Gasteiger partial charge in [-0.2, -0.15) is 5.10 Å². The topological polar surface area (TPSA) is 66.6 Å². The summed E-state index contributed by atoms with van der Waals surface area (Å²) in [5.74, 6) is 1.40. The minimum Gasteiger partial charge on any atom is -0.353 e. The van der Waals surface area contributed by atoms with Crippen LogP contribution >= 0.6 is 0 Å². The van der Waals surface area contributed by atoms with E-state index in [1.54, 1.807) is 23.1 Å². The smallest absolute Gasteiger partial charge is 0.259 e. The van der Waals surface area contributed by atoms with Crippen molar-refractivity contribution < 1.29 is 4.79 Å². The van der Waals surface area contributed by atoms with Gasteiger partial charge in [-0.1, -0.05) is 44.2 Å². The second kappa shape index (κ2) is 8.42. The number of amides is 1. The van der Waals surface area contributed by atoms with E-state index in [1.807, 2.05) is 29.2 Å². The Morgan fingerprint density at radius 2 is 1.69 bits per heavy atom. The Labute approximate surface area is 187 Å². The fraction of sp³-hybridized carbons (Fsp3) is 0.280. The van der Waals surface area contributed by atoms with Gasteiger partial charge in [0.2, 0.25) is 0 Å². The van der Waals surface area contributed by atoms with Gasteiger partial charge in [-0.15, -0.1) is 0 Å². The number of fused-ring (bicyclic) bond motifs is 1. The molecule has 0 radical (unpaired) electrons. The maximum Gasteiger partial charge on any atom is 0.259 e. The number of piperazine rings is 1. The molecule has 4 aromatic rings. The van der Waals surface area contributed by atoms with Crippen LogP contribution in [0.25, 0.3) is 16.9 Å². The third-order valence-electron chi connectivity index (χ3n) is 6.04. The third kappa shape index (κ3) is 3.70. The summed E-state index contributed by atoms with van der Waals surface area (Å²) in [6.07, 6.45) is 5.19. The van der Waals surface area contributed by atoms with E-state index in [0.717, 1.165) is 30.2 Å². The number of benzene rings is 1. The lowest BCUT2D eigenvalue weighted by Gasteiger charge is -2.35. The Morgan fingerprint density at radius 3 is 2.38 bits per heavy atom. The van der Waals surface area contributed by atoms with Crippen LogP contribution in [-0.2, 0) is 0 Å². The van der Waals surface area contributed by atoms with Crippen molar-refractivity contribution >= 4 is 17.4 Å². The number of nitrogens with zero attached hydrogens (tertiary/aromatic N) is 6. The SMILES string of the molecule is CC(C)c1ccc(-c2ccnc3c(C(=O)N4CCN(c5ccccn5)CC4)cnn23)cc1. The van der Waals surface area contributed by atoms with Crippen molar-refractivity contribution in [1.82, 2.24) is 24.5 Å². The molecule has 1 aliphatic rings. The summed E-state index contributed by atoms with van der Waals surface area (Å²) in [4.78, 5) is 26.3. The molecule has 1 fully saturated rings. The Hall–Kier alpha value is -3.74. The van der Waals surface area contributed by atoms with Crippen LogP contribution in [0, 0.1) is 0 Å². The van der Waals surface area contributed by atoms with Gasteiger partial charge < -0.3 is 9.80 Å². The molecule has 0 N–H and O–H groups in total. The van der Waals surface area contributed by atoms with E-state index in [0.29, 0.717) is 30.2 Å². The standard InChI is InChI=1S/C25H26N6O/c1-18(2)19-6-8-20(9-7-19)22-10-12-27-24-21(17-28-31(22)24)25(32)30-15-13-29(14-16-30)23-5-3-4-11-26-23/h3-12,17-18H,13-16H2,1-2H3. The molecule has 1 amide bonds. The highest BCUT2D eigenvalue weighted by molar-refractivity contribution is 6.00. The van der Waals surface area contributed by atoms with E-state index >= 15 is 0 Å². The van der Waals surface area contributed by atoms with E-state index < -0.39 is 0 Å². The molecule has 0 bridgehead atoms. The van der Waals surface area contributed by atoms with Crippen molar-refractivity contribution in [2.24, 2.45) is 0 Å². The molecule has 7 heteroatoms. The van der Waals surface area contributed by atoms with Gasteiger partial charge in [-0.05, 0) is 29.7 Å². The lowest BCUT2D eigenvalue weighted by Crippen LogP contribution is -2.49. The first kappa shape index (κ1) is 20.2. The van der Waals surface area contributed by atoms with Gasteiger partial charge in [0, 0.05) is 44.1 Å². The van der Waals surface area contributed by atoms with Crippen LogP contribution in [-0.4, -0.2) is 56.6 Å². The van der Waals surface area contributed by atoms with Crippen LogP contribution in [0.5, 0.6) is 0 Å². The highest BCUT2D eigenvalue weighted by Gasteiger charge is 2.26. The van der Waals surface area contributed by atoms with Gasteiger partial charge in [0.15, 0.2) is 5.65 Å². The molecule has 3 aromatic heterocycles. The molecule has 1 aromatic carbocycles. The van der Waals surface area contributed by atoms with Gasteiger partial charge in [0.25, 0.3) is 5.91 Å². The Balaban J connectivity index is 1.37. The van der Waals surface area contributed by atoms with Gasteiger partial charge in [-0.3, -0.25) is 4.79 Å². The maximum atomic E-state index is 13.3. The van der Waals surface area contributed by atoms with Crippen LogP contribution in [0.15, 0.2) is 67.1 Å². The molecule has 0 atom stereocenters. The number of hydrogen-bond acceptors (Lipinski definition) is 5. The van der Waals surface area contributed by atoms with Crippen molar-refractivity contribution in [2.45, 2.75) is 19.8 Å². The van der Waals surface area contributed by atoms with E-state index in [9.17, 15) is 4.79 Å². The average Bonchev–Trinajstić information content (AvgIpc) is 3.29. The molecule has 5 rings (SSSR count). The summed E-state index contributed by atoms with van der Waals surface area (Å²) in [5.41, 5.74) is 4.39. The molecule has 4 heterocycles. The second-order valence-electron chi connectivity index (χ2n) is 8.37. The lowest BCUT2D eigenvalue weighted by molar-refractivity contribution is 0.0748. The summed E-state index contributed by atoms with van der Waals surface area (Å²) >= 11 is 0. The highest BCUT2D eigenvalue weighted by atomic mass is 16.2. The predicted octanol–water partition coefficient (Wildman–Crippen LogP) is 3.88. The van der Waals surface area contributed by atoms with Crippen LogP contribution in [0.3, 0.4) is 0 Å². The minimum absolute atomic E-state index is 0.0273. The van der Waals surface area contributed by atoms with E-state index in [1.165, 1.54) is 5.56 Å². The molecule has 0 saturated carbocycles. The Morgan fingerprint density at radius 1 is 0.906 bits per heavy atom. The molecule has 0 spiro atoms. The third-order valence-corrected chi connectivity index (χ3v) is 6.04. The second-order valence-corrected chi connectivity index (χ2v) is 8.37. The first-order chi connectivity index (χ1) is 15.6. The summed E-state index contributed by atoms with van der Waals surface area (Å²) in [5, 5.41) is 4.52. The number of anilines is 1. The zero-order valence-electron chi connectivity index (χ0n) is 18.3. The number of pyridine rings is 1. The fourth-order valence-corrected chi connectivity index (χ4v) is 4.15. The number of carbonyl (C=O) groups excluding carboxylic acids is 1. The van der Waals surface area contributed by atoms with E-state index in [2.05, 4.69) is 58.1 Å². The van der Waals surface area contributed by atoms with Crippen LogP contribution in [0.2, 0.25) is 0 Å². The first-order valence-electron chi connectivity index (χ1n) is 11.0. The van der Waals surface area contributed by atoms with E-state index in [4.69, 9.17) is 0 Å². The van der Waals surface area contributed by atoms with Crippen molar-refractivity contribution in [1.29, 1.82) is 0 Å². The van der Waals surface area contributed by atoms with Crippen molar-refractivity contribution in [3.63, 3.8) is 0 Å². The average molecular weight is 427 g/mol. The molecule has 162 valence electrons. The van der Waals surface area contributed by atoms with Gasteiger partial charge in [0.1, 0.15) is 11.4 Å². The molecular formula is C25H26N6O. The first-order valence-corrected chi connectivity index (χ1v) is 11.0. The molecular weight excluding hydrogens is 400 g/mol. The predicted molar refractivity (Wildman–Crippen MR) is 125 cm³/mol. The monoisotopic (exact) mass is 426 g/mol. The Kier molecular flexibility index (Phi) is 5.31. The minimum atomic E-state index is -0.0273. The van der Waals surface area contributed by atoms with Crippen molar-refractivity contribution in [3.8, 4) is 11.3 Å². The van der Waals surface area contributed by atoms with Gasteiger partial charge >= 0.3 is 0 Å². The highest BCUT2D eigenvalue weighted by Crippen LogP contribution is 2.24. The van der Waals surface area contributed by atoms with Gasteiger partial charge in [0.05, 0.1) is 11.9 Å². The largest absolute Gasteiger partial charge is 0.353 e. The zero-order valence-corrected chi connectivity index (χ0v) is 18.3. The number of hydrogen-bond donors (Lipinski definition) is 0. The van der Waals surface area contributed by atoms with Crippen LogP contribution in [0.1, 0.15) is 35.7 Å². The molecule has 0 unspecified atom stereocenters.